The lowest BCUT2D eigenvalue weighted by molar-refractivity contribution is -0.0194. The van der Waals surface area contributed by atoms with Crippen molar-refractivity contribution in [2.75, 3.05) is 13.2 Å². The average Bonchev–Trinajstić information content (AvgIpc) is 2.90. The predicted molar refractivity (Wildman–Crippen MR) is 133 cm³/mol. The first-order valence-corrected chi connectivity index (χ1v) is 12.8. The van der Waals surface area contributed by atoms with Gasteiger partial charge >= 0.3 is 0 Å². The highest BCUT2D eigenvalue weighted by Gasteiger charge is 2.25. The zero-order chi connectivity index (χ0) is 26.5. The van der Waals surface area contributed by atoms with Gasteiger partial charge in [-0.25, -0.2) is 17.6 Å². The summed E-state index contributed by atoms with van der Waals surface area (Å²) in [5.41, 5.74) is 0.980. The van der Waals surface area contributed by atoms with Crippen molar-refractivity contribution in [3.05, 3.63) is 88.2 Å². The molecule has 3 aromatic rings. The van der Waals surface area contributed by atoms with Crippen LogP contribution in [0.5, 0.6) is 5.75 Å². The smallest absolute Gasteiger partial charge is 0.201 e. The van der Waals surface area contributed by atoms with Crippen LogP contribution < -0.4 is 4.74 Å². The first-order valence-electron chi connectivity index (χ1n) is 12.8. The van der Waals surface area contributed by atoms with Crippen LogP contribution in [-0.4, -0.2) is 13.2 Å². The van der Waals surface area contributed by atoms with Crippen molar-refractivity contribution >= 4 is 0 Å². The van der Waals surface area contributed by atoms with Gasteiger partial charge in [-0.1, -0.05) is 37.6 Å². The highest BCUT2D eigenvalue weighted by atomic mass is 19.2. The van der Waals surface area contributed by atoms with Gasteiger partial charge in [-0.15, -0.1) is 0 Å². The van der Waals surface area contributed by atoms with Crippen molar-refractivity contribution in [3.8, 4) is 16.9 Å². The monoisotopic (exact) mass is 518 g/mol. The predicted octanol–water partition coefficient (Wildman–Crippen LogP) is 8.50. The van der Waals surface area contributed by atoms with Gasteiger partial charge in [0.1, 0.15) is 5.82 Å². The molecule has 37 heavy (non-hydrogen) atoms. The van der Waals surface area contributed by atoms with Crippen LogP contribution in [-0.2, 0) is 17.6 Å². The summed E-state index contributed by atoms with van der Waals surface area (Å²) in [6.45, 7) is 4.23. The maximum absolute atomic E-state index is 14.9. The van der Waals surface area contributed by atoms with Gasteiger partial charge in [0, 0.05) is 11.1 Å². The lowest BCUT2D eigenvalue weighted by Gasteiger charge is -2.29. The molecule has 2 atom stereocenters. The fraction of sp³-hybridized carbons (Fsp3) is 0.400. The molecule has 7 heteroatoms. The second-order valence-electron chi connectivity index (χ2n) is 9.48. The molecule has 1 aliphatic heterocycles. The Morgan fingerprint density at radius 2 is 1.49 bits per heavy atom. The molecule has 0 aliphatic carbocycles. The average molecular weight is 519 g/mol. The molecule has 4 rings (SSSR count). The molecule has 3 aromatic carbocycles. The minimum absolute atomic E-state index is 0.144. The number of hydrogen-bond acceptors (Lipinski definition) is 2. The highest BCUT2D eigenvalue weighted by molar-refractivity contribution is 5.66. The van der Waals surface area contributed by atoms with Crippen molar-refractivity contribution < 1.29 is 31.4 Å². The van der Waals surface area contributed by atoms with E-state index in [-0.39, 0.29) is 53.3 Å². The Labute approximate surface area is 214 Å². The standard InChI is InChI=1S/C30H31F5O2/c1-3-5-19-9-10-21(16-24(19)31)25-14-7-18(17-37-25)6-8-20-11-12-22(28(33)27(20)32)23-13-15-26(36-4-2)30(35)29(23)34/h9-13,15-16,18,25H,3-8,14,17H2,1-2H3. The Kier molecular flexibility index (Phi) is 8.85. The van der Waals surface area contributed by atoms with E-state index in [0.29, 0.717) is 25.0 Å². The van der Waals surface area contributed by atoms with Crippen LogP contribution in [0.4, 0.5) is 22.0 Å². The maximum atomic E-state index is 14.9. The number of halogens is 5. The normalized spacial score (nSPS) is 17.7. The molecule has 1 saturated heterocycles. The van der Waals surface area contributed by atoms with Crippen LogP contribution >= 0.6 is 0 Å². The quantitative estimate of drug-likeness (QED) is 0.265. The molecule has 1 aliphatic rings. The third kappa shape index (κ3) is 5.98. The lowest BCUT2D eigenvalue weighted by atomic mass is 9.89. The van der Waals surface area contributed by atoms with Gasteiger partial charge in [-0.05, 0) is 79.8 Å². The van der Waals surface area contributed by atoms with E-state index in [4.69, 9.17) is 9.47 Å². The van der Waals surface area contributed by atoms with Gasteiger partial charge in [-0.2, -0.15) is 4.39 Å². The largest absolute Gasteiger partial charge is 0.491 e. The first-order chi connectivity index (χ1) is 17.8. The summed E-state index contributed by atoms with van der Waals surface area (Å²) in [4.78, 5) is 0. The van der Waals surface area contributed by atoms with Gasteiger partial charge in [0.15, 0.2) is 23.2 Å². The molecule has 0 aromatic heterocycles. The molecule has 0 amide bonds. The van der Waals surface area contributed by atoms with Crippen molar-refractivity contribution in [2.45, 2.75) is 58.5 Å². The number of rotatable bonds is 9. The molecule has 2 unspecified atom stereocenters. The molecule has 0 spiro atoms. The number of aryl methyl sites for hydroxylation is 2. The van der Waals surface area contributed by atoms with Crippen LogP contribution in [0.15, 0.2) is 42.5 Å². The Balaban J connectivity index is 1.38. The Morgan fingerprint density at radius 1 is 0.784 bits per heavy atom. The summed E-state index contributed by atoms with van der Waals surface area (Å²) >= 11 is 0. The number of benzene rings is 3. The maximum Gasteiger partial charge on any atom is 0.201 e. The third-order valence-corrected chi connectivity index (χ3v) is 6.96. The second-order valence-corrected chi connectivity index (χ2v) is 9.48. The Hall–Kier alpha value is -2.93. The van der Waals surface area contributed by atoms with Crippen molar-refractivity contribution in [1.29, 1.82) is 0 Å². The van der Waals surface area contributed by atoms with E-state index >= 15 is 0 Å². The van der Waals surface area contributed by atoms with Gasteiger partial charge in [0.2, 0.25) is 5.82 Å². The van der Waals surface area contributed by atoms with Crippen LogP contribution in [0, 0.1) is 35.0 Å². The van der Waals surface area contributed by atoms with E-state index in [1.54, 1.807) is 13.0 Å². The summed E-state index contributed by atoms with van der Waals surface area (Å²) < 4.78 is 83.8. The molecule has 0 N–H and O–H groups in total. The van der Waals surface area contributed by atoms with Gasteiger partial charge in [0.25, 0.3) is 0 Å². The summed E-state index contributed by atoms with van der Waals surface area (Å²) in [7, 11) is 0. The van der Waals surface area contributed by atoms with Gasteiger partial charge < -0.3 is 9.47 Å². The Bertz CT molecular complexity index is 1240. The van der Waals surface area contributed by atoms with E-state index in [0.717, 1.165) is 24.8 Å². The third-order valence-electron chi connectivity index (χ3n) is 6.96. The number of ether oxygens (including phenoxy) is 2. The highest BCUT2D eigenvalue weighted by Crippen LogP contribution is 2.35. The summed E-state index contributed by atoms with van der Waals surface area (Å²) in [5, 5.41) is 0. The van der Waals surface area contributed by atoms with Gasteiger partial charge in [0.05, 0.1) is 19.3 Å². The zero-order valence-corrected chi connectivity index (χ0v) is 21.1. The van der Waals surface area contributed by atoms with Crippen LogP contribution in [0.2, 0.25) is 0 Å². The van der Waals surface area contributed by atoms with E-state index in [1.165, 1.54) is 24.3 Å². The Morgan fingerprint density at radius 3 is 2.14 bits per heavy atom. The molecule has 2 nitrogen and oxygen atoms in total. The minimum atomic E-state index is -1.29. The van der Waals surface area contributed by atoms with Gasteiger partial charge in [-0.3, -0.25) is 0 Å². The van der Waals surface area contributed by atoms with Crippen LogP contribution in [0.3, 0.4) is 0 Å². The van der Waals surface area contributed by atoms with Crippen LogP contribution in [0.25, 0.3) is 11.1 Å². The molecular weight excluding hydrogens is 487 g/mol. The van der Waals surface area contributed by atoms with E-state index in [1.807, 2.05) is 19.1 Å². The number of hydrogen-bond donors (Lipinski definition) is 0. The SMILES string of the molecule is CCCc1ccc(C2CCC(CCc3ccc(-c4ccc(OCC)c(F)c4F)c(F)c3F)CO2)cc1F. The molecule has 1 fully saturated rings. The zero-order valence-electron chi connectivity index (χ0n) is 21.1. The molecule has 1 heterocycles. The fourth-order valence-electron chi connectivity index (χ4n) is 4.89. The van der Waals surface area contributed by atoms with Crippen molar-refractivity contribution in [2.24, 2.45) is 5.92 Å². The molecule has 0 radical (unpaired) electrons. The van der Waals surface area contributed by atoms with Crippen LogP contribution in [0.1, 0.15) is 62.3 Å². The topological polar surface area (TPSA) is 18.5 Å². The lowest BCUT2D eigenvalue weighted by Crippen LogP contribution is -2.21. The molecular formula is C30H31F5O2. The molecule has 198 valence electrons. The van der Waals surface area contributed by atoms with Crippen molar-refractivity contribution in [1.82, 2.24) is 0 Å². The minimum Gasteiger partial charge on any atom is -0.491 e. The van der Waals surface area contributed by atoms with E-state index in [9.17, 15) is 22.0 Å². The molecule has 0 bridgehead atoms. The van der Waals surface area contributed by atoms with Crippen molar-refractivity contribution in [3.63, 3.8) is 0 Å². The molecule has 0 saturated carbocycles. The second kappa shape index (κ2) is 12.1. The van der Waals surface area contributed by atoms with E-state index < -0.39 is 23.3 Å². The summed E-state index contributed by atoms with van der Waals surface area (Å²) in [5.74, 6) is -5.14. The first kappa shape index (κ1) is 27.1. The van der Waals surface area contributed by atoms with E-state index in [2.05, 4.69) is 0 Å². The summed E-state index contributed by atoms with van der Waals surface area (Å²) in [6.07, 6.45) is 3.79. The summed E-state index contributed by atoms with van der Waals surface area (Å²) in [6, 6.07) is 10.3. The fourth-order valence-corrected chi connectivity index (χ4v) is 4.89.